The molecule has 1 saturated carbocycles. The zero-order valence-corrected chi connectivity index (χ0v) is 49.2. The average Bonchev–Trinajstić information content (AvgIpc) is 3.75. The molecule has 5 N–H and O–H groups in total. The number of benzene rings is 2. The summed E-state index contributed by atoms with van der Waals surface area (Å²) >= 11 is 1.60. The number of β-amino-alcohol motifs (C(OH)–C–C–N with tert-alkyl or cyclic N) is 1. The van der Waals surface area contributed by atoms with Crippen molar-refractivity contribution in [3.8, 4) is 27.4 Å². The van der Waals surface area contributed by atoms with E-state index in [0.29, 0.717) is 46.8 Å². The quantitative estimate of drug-likeness (QED) is 0.0833. The van der Waals surface area contributed by atoms with Crippen molar-refractivity contribution in [2.24, 2.45) is 17.3 Å². The minimum atomic E-state index is -0.796. The summed E-state index contributed by atoms with van der Waals surface area (Å²) in [7, 11) is 0. The number of para-hydroxylation sites is 1. The molecule has 6 atom stereocenters. The smallest absolute Gasteiger partial charge is 0.243 e. The van der Waals surface area contributed by atoms with Gasteiger partial charge in [-0.15, -0.1) is 21.5 Å². The van der Waals surface area contributed by atoms with Gasteiger partial charge in [-0.3, -0.25) is 19.4 Å². The second-order valence-corrected chi connectivity index (χ2v) is 26.3. The van der Waals surface area contributed by atoms with Gasteiger partial charge in [-0.2, -0.15) is 0 Å². The van der Waals surface area contributed by atoms with Gasteiger partial charge in [0.05, 0.1) is 64.5 Å². The predicted octanol–water partition coefficient (Wildman–Crippen LogP) is 6.96. The van der Waals surface area contributed by atoms with E-state index in [1.54, 1.807) is 28.4 Å². The van der Waals surface area contributed by atoms with Crippen LogP contribution in [0.5, 0.6) is 5.75 Å². The van der Waals surface area contributed by atoms with Gasteiger partial charge >= 0.3 is 0 Å². The number of piperidine rings is 3. The molecule has 7 fully saturated rings. The van der Waals surface area contributed by atoms with Gasteiger partial charge in [-0.05, 0) is 125 Å². The molecule has 5 aromatic rings. The molecule has 0 bridgehead atoms. The summed E-state index contributed by atoms with van der Waals surface area (Å²) in [6, 6.07) is 18.8. The van der Waals surface area contributed by atoms with Crippen molar-refractivity contribution in [3.05, 3.63) is 83.2 Å². The molecule has 12 rings (SSSR count). The zero-order chi connectivity index (χ0) is 56.7. The van der Waals surface area contributed by atoms with Gasteiger partial charge in [0.1, 0.15) is 17.7 Å². The lowest BCUT2D eigenvalue weighted by atomic mass is 9.60. The molecule has 6 aliphatic heterocycles. The van der Waals surface area contributed by atoms with Crippen molar-refractivity contribution in [3.63, 3.8) is 0 Å². The molecule has 9 heterocycles. The Balaban J connectivity index is 0.574. The Morgan fingerprint density at radius 1 is 0.878 bits per heavy atom. The van der Waals surface area contributed by atoms with Crippen molar-refractivity contribution in [2.75, 3.05) is 114 Å². The number of ether oxygens (including phenoxy) is 2. The summed E-state index contributed by atoms with van der Waals surface area (Å²) in [5.74, 6) is 1.18. The Labute approximate surface area is 486 Å². The fourth-order valence-corrected chi connectivity index (χ4v) is 15.6. The van der Waals surface area contributed by atoms with E-state index in [2.05, 4.69) is 50.2 Å². The summed E-state index contributed by atoms with van der Waals surface area (Å²) in [5.41, 5.74) is 13.6. The molecular formula is C62H84N12O7S. The maximum absolute atomic E-state index is 14.4. The van der Waals surface area contributed by atoms with Gasteiger partial charge in [-0.25, -0.2) is 4.98 Å². The molecule has 1 unspecified atom stereocenters. The number of anilines is 3. The van der Waals surface area contributed by atoms with E-state index >= 15 is 0 Å². The molecule has 7 aliphatic rings. The van der Waals surface area contributed by atoms with Gasteiger partial charge in [0, 0.05) is 96.1 Å². The second-order valence-electron chi connectivity index (χ2n) is 25.4. The highest BCUT2D eigenvalue weighted by molar-refractivity contribution is 7.13. The Bertz CT molecular complexity index is 3000. The first-order valence-corrected chi connectivity index (χ1v) is 31.2. The van der Waals surface area contributed by atoms with Gasteiger partial charge in [0.25, 0.3) is 0 Å². The summed E-state index contributed by atoms with van der Waals surface area (Å²) in [6.07, 6.45) is 8.86. The lowest BCUT2D eigenvalue weighted by molar-refractivity contribution is -0.141. The SMILES string of the molecule is Cc1ncsc1-c1ccc([C@H](C)NC(=O)[C@@H]2C[C@@H](O)CN2C(=O)[C@@H](c2cc(N3CCC(CN4CCC5(CC4)CC(N4CCO[C@@H](CN6CCOC7(CCCN(c8cc(-c9ccccc9O)nnc8N)C7)C6)C4)C5)CC3)no2)C(C)C)cc1. The summed E-state index contributed by atoms with van der Waals surface area (Å²) < 4.78 is 19.1. The number of aromatic hydroxyl groups is 1. The maximum Gasteiger partial charge on any atom is 0.243 e. The molecule has 82 heavy (non-hydrogen) atoms. The number of carbonyl (C=O) groups excluding carboxylic acids is 2. The number of aryl methyl sites for hydroxylation is 1. The van der Waals surface area contributed by atoms with E-state index in [1.165, 1.54) is 38.8 Å². The lowest BCUT2D eigenvalue weighted by Crippen LogP contribution is -2.62. The van der Waals surface area contributed by atoms with Crippen LogP contribution < -0.4 is 20.9 Å². The Morgan fingerprint density at radius 3 is 2.43 bits per heavy atom. The number of nitrogen functional groups attached to an aromatic ring is 1. The van der Waals surface area contributed by atoms with E-state index in [4.69, 9.17) is 19.7 Å². The van der Waals surface area contributed by atoms with Gasteiger partial charge < -0.3 is 54.9 Å². The van der Waals surface area contributed by atoms with Crippen molar-refractivity contribution < 1.29 is 33.8 Å². The predicted molar refractivity (Wildman–Crippen MR) is 317 cm³/mol. The number of aliphatic hydroxyl groups excluding tert-OH is 1. The van der Waals surface area contributed by atoms with Gasteiger partial charge in [0.2, 0.25) is 11.8 Å². The second kappa shape index (κ2) is 24.1. The Kier molecular flexibility index (Phi) is 16.7. The minimum absolute atomic E-state index is 0.0927. The van der Waals surface area contributed by atoms with E-state index < -0.39 is 18.1 Å². The number of phenolic OH excluding ortho intramolecular Hbond substituents is 1. The molecule has 1 aliphatic carbocycles. The number of phenols is 1. The fraction of sp³-hybridized carbons (Fsp3) is 0.613. The van der Waals surface area contributed by atoms with Crippen LogP contribution in [0.4, 0.5) is 17.3 Å². The lowest BCUT2D eigenvalue weighted by Gasteiger charge is -2.56. The highest BCUT2D eigenvalue weighted by Gasteiger charge is 2.50. The van der Waals surface area contributed by atoms with E-state index in [-0.39, 0.29) is 54.2 Å². The summed E-state index contributed by atoms with van der Waals surface area (Å²) in [5, 5.41) is 37.6. The number of hydrogen-bond donors (Lipinski definition) is 4. The van der Waals surface area contributed by atoms with Crippen LogP contribution >= 0.6 is 11.3 Å². The number of amides is 2. The largest absolute Gasteiger partial charge is 0.507 e. The first-order chi connectivity index (χ1) is 39.7. The summed E-state index contributed by atoms with van der Waals surface area (Å²) in [4.78, 5) is 48.0. The van der Waals surface area contributed by atoms with E-state index in [1.807, 2.05) is 81.7 Å². The number of nitrogens with one attached hydrogen (secondary N) is 1. The molecule has 440 valence electrons. The molecule has 6 saturated heterocycles. The topological polar surface area (TPSA) is 215 Å². The van der Waals surface area contributed by atoms with Crippen LogP contribution in [0.25, 0.3) is 21.7 Å². The Hall–Kier alpha value is -5.74. The number of morpholine rings is 2. The molecule has 0 radical (unpaired) electrons. The number of carbonyl (C=O) groups is 2. The number of rotatable bonds is 15. The number of likely N-dealkylation sites (tertiary alicyclic amines) is 2. The third-order valence-electron chi connectivity index (χ3n) is 19.4. The number of aromatic nitrogens is 4. The number of nitrogens with zero attached hydrogens (tertiary/aromatic N) is 10. The minimum Gasteiger partial charge on any atom is -0.507 e. The van der Waals surface area contributed by atoms with E-state index in [9.17, 15) is 19.8 Å². The molecular weight excluding hydrogens is 1060 g/mol. The number of aliphatic hydroxyl groups is 1. The van der Waals surface area contributed by atoms with Crippen molar-refractivity contribution >= 4 is 40.5 Å². The van der Waals surface area contributed by atoms with Crippen LogP contribution in [0.1, 0.15) is 108 Å². The third-order valence-corrected chi connectivity index (χ3v) is 20.4. The van der Waals surface area contributed by atoms with Crippen LogP contribution in [0.2, 0.25) is 0 Å². The number of hydrogen-bond acceptors (Lipinski definition) is 18. The molecule has 19 nitrogen and oxygen atoms in total. The van der Waals surface area contributed by atoms with Gasteiger partial charge in [0.15, 0.2) is 17.4 Å². The van der Waals surface area contributed by atoms with Crippen LogP contribution in [-0.2, 0) is 19.1 Å². The molecule has 2 spiro atoms. The summed E-state index contributed by atoms with van der Waals surface area (Å²) in [6.45, 7) is 21.0. The van der Waals surface area contributed by atoms with Crippen molar-refractivity contribution in [1.29, 1.82) is 0 Å². The normalized spacial score (nSPS) is 25.9. The average molecular weight is 1140 g/mol. The zero-order valence-electron chi connectivity index (χ0n) is 48.3. The van der Waals surface area contributed by atoms with Crippen molar-refractivity contribution in [1.82, 2.24) is 45.3 Å². The van der Waals surface area contributed by atoms with Crippen LogP contribution in [-0.4, -0.2) is 190 Å². The molecule has 2 aromatic carbocycles. The molecule has 20 heteroatoms. The standard InChI is InChI=1S/C62H84N12O7S/c1-40(2)56(60(78)74-34-47(75)28-52(74)59(77)65-41(3)44-10-12-45(13-11-44)57-42(4)64-39-82-57)54-30-55(68-81-54)71-20-14-43(15-21-71)33-69-22-17-61(18-23-69)31-46(32-61)72-25-26-79-48(36-72)35-70-24-27-80-62(37-70)16-7-19-73(38-62)51-29-50(66-67-58(51)63)49-8-5-6-9-53(49)76/h5-6,8-13,29-30,39-41,43,46-48,52,56,75-76H,7,14-28,31-38H2,1-4H3,(H2,63,67)(H,65,77)/t41-,47+,48-,52-,56+,62?/m0/s1. The highest BCUT2D eigenvalue weighted by Crippen LogP contribution is 2.51. The third kappa shape index (κ3) is 12.1. The van der Waals surface area contributed by atoms with Crippen LogP contribution in [0, 0.1) is 24.2 Å². The monoisotopic (exact) mass is 1140 g/mol. The molecule has 3 aromatic heterocycles. The van der Waals surface area contributed by atoms with Crippen LogP contribution in [0.15, 0.2) is 70.7 Å². The fourth-order valence-electron chi connectivity index (χ4n) is 14.8. The maximum atomic E-state index is 14.4. The van der Waals surface area contributed by atoms with Crippen molar-refractivity contribution in [2.45, 2.75) is 127 Å². The number of nitrogens with two attached hydrogens (primary N) is 1. The first-order valence-electron chi connectivity index (χ1n) is 30.3. The highest BCUT2D eigenvalue weighted by atomic mass is 32.1. The van der Waals surface area contributed by atoms with Gasteiger partial charge in [-0.1, -0.05) is 55.4 Å². The number of thiazole rings is 1. The van der Waals surface area contributed by atoms with E-state index in [0.717, 1.165) is 131 Å². The van der Waals surface area contributed by atoms with Crippen LogP contribution in [0.3, 0.4) is 0 Å². The Morgan fingerprint density at radius 2 is 1.67 bits per heavy atom. The molecule has 2 amide bonds. The first kappa shape index (κ1) is 56.7.